The monoisotopic (exact) mass is 435 g/mol. The molecular formula is C26H33N3O3. The maximum atomic E-state index is 13.8. The molecule has 6 fully saturated rings. The summed E-state index contributed by atoms with van der Waals surface area (Å²) in [6.45, 7) is 0.693. The van der Waals surface area contributed by atoms with Crippen LogP contribution in [0.3, 0.4) is 0 Å². The lowest BCUT2D eigenvalue weighted by atomic mass is 9.49. The van der Waals surface area contributed by atoms with E-state index in [9.17, 15) is 14.4 Å². The predicted octanol–water partition coefficient (Wildman–Crippen LogP) is 3.72. The first kappa shape index (κ1) is 20.3. The lowest BCUT2D eigenvalue weighted by Crippen LogP contribution is -2.56. The van der Waals surface area contributed by atoms with Crippen LogP contribution in [0.15, 0.2) is 24.3 Å². The number of likely N-dealkylation sites (tertiary alicyclic amines) is 1. The molecule has 1 unspecified atom stereocenters. The second kappa shape index (κ2) is 7.60. The summed E-state index contributed by atoms with van der Waals surface area (Å²) < 4.78 is 0. The second-order valence-electron chi connectivity index (χ2n) is 11.2. The van der Waals surface area contributed by atoms with Crippen LogP contribution in [0, 0.1) is 23.2 Å². The van der Waals surface area contributed by atoms with Gasteiger partial charge >= 0.3 is 0 Å². The summed E-state index contributed by atoms with van der Waals surface area (Å²) >= 11 is 0. The number of anilines is 1. The quantitative estimate of drug-likeness (QED) is 0.740. The van der Waals surface area contributed by atoms with E-state index in [0.29, 0.717) is 23.8 Å². The topological polar surface area (TPSA) is 78.5 Å². The third kappa shape index (κ3) is 3.61. The molecule has 170 valence electrons. The number of carbonyl (C=O) groups is 3. The molecular weight excluding hydrogens is 402 g/mol. The summed E-state index contributed by atoms with van der Waals surface area (Å²) in [5, 5.41) is 5.97. The lowest BCUT2D eigenvalue weighted by molar-refractivity contribution is -0.160. The number of amides is 3. The van der Waals surface area contributed by atoms with Gasteiger partial charge in [0.25, 0.3) is 5.91 Å². The lowest BCUT2D eigenvalue weighted by Gasteiger charge is -2.56. The molecule has 1 saturated heterocycles. The summed E-state index contributed by atoms with van der Waals surface area (Å²) in [4.78, 5) is 41.0. The van der Waals surface area contributed by atoms with Crippen molar-refractivity contribution in [2.45, 2.75) is 76.3 Å². The fourth-order valence-electron chi connectivity index (χ4n) is 7.39. The summed E-state index contributed by atoms with van der Waals surface area (Å²) in [5.41, 5.74) is 1.08. The molecule has 1 aromatic carbocycles. The Kier molecular flexibility index (Phi) is 4.81. The molecule has 6 heteroatoms. The molecule has 0 radical (unpaired) electrons. The first-order chi connectivity index (χ1) is 15.5. The van der Waals surface area contributed by atoms with Crippen molar-refractivity contribution >= 4 is 23.4 Å². The number of benzene rings is 1. The summed E-state index contributed by atoms with van der Waals surface area (Å²) in [6, 6.07) is 7.00. The van der Waals surface area contributed by atoms with Gasteiger partial charge in [0.15, 0.2) is 0 Å². The number of rotatable bonds is 5. The minimum atomic E-state index is -0.381. The Morgan fingerprint density at radius 2 is 1.50 bits per heavy atom. The molecule has 5 aliphatic carbocycles. The third-order valence-electron chi connectivity index (χ3n) is 8.64. The van der Waals surface area contributed by atoms with Gasteiger partial charge in [0.05, 0.1) is 5.41 Å². The molecule has 1 heterocycles. The fraction of sp³-hybridized carbons (Fsp3) is 0.654. The normalized spacial score (nSPS) is 35.1. The molecule has 1 aliphatic heterocycles. The maximum absolute atomic E-state index is 13.8. The molecule has 7 rings (SSSR count). The zero-order chi connectivity index (χ0) is 21.9. The minimum absolute atomic E-state index is 0.0616. The van der Waals surface area contributed by atoms with E-state index in [4.69, 9.17) is 0 Å². The third-order valence-corrected chi connectivity index (χ3v) is 8.64. The van der Waals surface area contributed by atoms with Crippen LogP contribution in [0.4, 0.5) is 5.69 Å². The smallest absolute Gasteiger partial charge is 0.251 e. The Morgan fingerprint density at radius 1 is 0.875 bits per heavy atom. The number of nitrogens with zero attached hydrogens (tertiary/aromatic N) is 1. The van der Waals surface area contributed by atoms with E-state index in [-0.39, 0.29) is 29.2 Å². The van der Waals surface area contributed by atoms with Crippen LogP contribution in [-0.4, -0.2) is 41.2 Å². The fourth-order valence-corrected chi connectivity index (χ4v) is 7.39. The van der Waals surface area contributed by atoms with Gasteiger partial charge < -0.3 is 15.5 Å². The van der Waals surface area contributed by atoms with Crippen molar-refractivity contribution in [2.24, 2.45) is 23.2 Å². The molecule has 6 aliphatic rings. The number of hydrogen-bond acceptors (Lipinski definition) is 3. The molecule has 0 spiro atoms. The molecule has 6 nitrogen and oxygen atoms in total. The zero-order valence-electron chi connectivity index (χ0n) is 18.6. The van der Waals surface area contributed by atoms with E-state index in [1.807, 2.05) is 4.90 Å². The van der Waals surface area contributed by atoms with Crippen molar-refractivity contribution in [1.82, 2.24) is 10.2 Å². The maximum Gasteiger partial charge on any atom is 0.251 e. The van der Waals surface area contributed by atoms with Crippen molar-refractivity contribution < 1.29 is 14.4 Å². The van der Waals surface area contributed by atoms with Gasteiger partial charge in [-0.1, -0.05) is 0 Å². The van der Waals surface area contributed by atoms with Crippen LogP contribution in [0.5, 0.6) is 0 Å². The number of carbonyl (C=O) groups excluding carboxylic acids is 3. The highest BCUT2D eigenvalue weighted by molar-refractivity contribution is 5.99. The molecule has 1 aromatic rings. The zero-order valence-corrected chi connectivity index (χ0v) is 18.6. The highest BCUT2D eigenvalue weighted by Crippen LogP contribution is 2.60. The minimum Gasteiger partial charge on any atom is -0.349 e. The predicted molar refractivity (Wildman–Crippen MR) is 121 cm³/mol. The Balaban J connectivity index is 1.12. The Hall–Kier alpha value is -2.37. The molecule has 2 N–H and O–H groups in total. The first-order valence-corrected chi connectivity index (χ1v) is 12.5. The van der Waals surface area contributed by atoms with Crippen LogP contribution < -0.4 is 10.6 Å². The van der Waals surface area contributed by atoms with Gasteiger partial charge in [0.1, 0.15) is 6.04 Å². The van der Waals surface area contributed by atoms with Crippen molar-refractivity contribution in [3.05, 3.63) is 29.8 Å². The van der Waals surface area contributed by atoms with E-state index < -0.39 is 0 Å². The van der Waals surface area contributed by atoms with Crippen molar-refractivity contribution in [2.75, 3.05) is 11.9 Å². The van der Waals surface area contributed by atoms with Gasteiger partial charge in [0, 0.05) is 23.8 Å². The van der Waals surface area contributed by atoms with Crippen LogP contribution in [0.25, 0.3) is 0 Å². The van der Waals surface area contributed by atoms with Gasteiger partial charge in [-0.05, 0) is 106 Å². The Morgan fingerprint density at radius 3 is 2.09 bits per heavy atom. The molecule has 3 amide bonds. The molecule has 1 atom stereocenters. The summed E-state index contributed by atoms with van der Waals surface area (Å²) in [5.74, 6) is 2.24. The van der Waals surface area contributed by atoms with Crippen LogP contribution >= 0.6 is 0 Å². The van der Waals surface area contributed by atoms with Gasteiger partial charge in [-0.2, -0.15) is 0 Å². The number of nitrogens with one attached hydrogen (secondary N) is 2. The van der Waals surface area contributed by atoms with E-state index >= 15 is 0 Å². The van der Waals surface area contributed by atoms with Crippen LogP contribution in [-0.2, 0) is 9.59 Å². The molecule has 0 aromatic heterocycles. The van der Waals surface area contributed by atoms with Gasteiger partial charge in [-0.15, -0.1) is 0 Å². The van der Waals surface area contributed by atoms with Gasteiger partial charge in [0.2, 0.25) is 11.8 Å². The highest BCUT2D eigenvalue weighted by Gasteiger charge is 2.56. The molecule has 4 bridgehead atoms. The SMILES string of the molecule is O=C(NC1CC1)c1ccc(NC(=O)C2CCCN2C(=O)C23CC4CC(CC(C4)C2)C3)cc1. The molecule has 5 saturated carbocycles. The van der Waals surface area contributed by atoms with E-state index in [0.717, 1.165) is 62.7 Å². The standard InChI is InChI=1S/C26H33N3O3/c30-23(27-21-7-8-21)19-3-5-20(6-4-19)28-24(31)22-2-1-9-29(22)25(32)26-13-16-10-17(14-26)12-18(11-16)15-26/h3-6,16-18,21-22H,1-2,7-15H2,(H,27,30)(H,28,31). The number of hydrogen-bond donors (Lipinski definition) is 2. The average Bonchev–Trinajstić information content (AvgIpc) is 3.44. The highest BCUT2D eigenvalue weighted by atomic mass is 16.2. The largest absolute Gasteiger partial charge is 0.349 e. The van der Waals surface area contributed by atoms with Gasteiger partial charge in [-0.3, -0.25) is 14.4 Å². The van der Waals surface area contributed by atoms with Crippen LogP contribution in [0.2, 0.25) is 0 Å². The second-order valence-corrected chi connectivity index (χ2v) is 11.2. The Labute approximate surface area is 189 Å². The summed E-state index contributed by atoms with van der Waals surface area (Å²) in [7, 11) is 0. The van der Waals surface area contributed by atoms with Crippen molar-refractivity contribution in [3.8, 4) is 0 Å². The van der Waals surface area contributed by atoms with E-state index in [2.05, 4.69) is 10.6 Å². The summed E-state index contributed by atoms with van der Waals surface area (Å²) in [6.07, 6.45) is 10.8. The van der Waals surface area contributed by atoms with E-state index in [1.54, 1.807) is 24.3 Å². The van der Waals surface area contributed by atoms with Gasteiger partial charge in [-0.25, -0.2) is 0 Å². The average molecular weight is 436 g/mol. The van der Waals surface area contributed by atoms with Crippen LogP contribution in [0.1, 0.15) is 74.6 Å². The van der Waals surface area contributed by atoms with Crippen molar-refractivity contribution in [3.63, 3.8) is 0 Å². The molecule has 32 heavy (non-hydrogen) atoms. The first-order valence-electron chi connectivity index (χ1n) is 12.5. The van der Waals surface area contributed by atoms with Crippen molar-refractivity contribution in [1.29, 1.82) is 0 Å². The van der Waals surface area contributed by atoms with E-state index in [1.165, 1.54) is 19.3 Å². The Bertz CT molecular complexity index is 901.